The third-order valence-electron chi connectivity index (χ3n) is 2.48. The van der Waals surface area contributed by atoms with E-state index in [1.165, 1.54) is 16.8 Å². The van der Waals surface area contributed by atoms with E-state index in [9.17, 15) is 9.18 Å². The van der Waals surface area contributed by atoms with Crippen LogP contribution in [0.25, 0.3) is 5.69 Å². The third kappa shape index (κ3) is 2.75. The number of carboxylic acid groups (broad SMARTS) is 1. The SMILES string of the molecule is CC(C)c1nc(C(=O)O)nn1-c1ccc(F)cc1I. The van der Waals surface area contributed by atoms with E-state index in [1.807, 2.05) is 36.4 Å². The van der Waals surface area contributed by atoms with Gasteiger partial charge >= 0.3 is 5.97 Å². The van der Waals surface area contributed by atoms with Gasteiger partial charge in [0.2, 0.25) is 0 Å². The molecule has 0 unspecified atom stereocenters. The number of aromatic nitrogens is 3. The molecule has 0 fully saturated rings. The van der Waals surface area contributed by atoms with Crippen molar-refractivity contribution >= 4 is 28.6 Å². The highest BCUT2D eigenvalue weighted by Crippen LogP contribution is 2.22. The van der Waals surface area contributed by atoms with Crippen LogP contribution in [0.4, 0.5) is 4.39 Å². The molecular weight excluding hydrogens is 364 g/mol. The number of hydrogen-bond donors (Lipinski definition) is 1. The maximum absolute atomic E-state index is 13.1. The van der Waals surface area contributed by atoms with Crippen LogP contribution in [-0.4, -0.2) is 25.8 Å². The topological polar surface area (TPSA) is 68.0 Å². The molecule has 0 aliphatic carbocycles. The summed E-state index contributed by atoms with van der Waals surface area (Å²) in [6.45, 7) is 3.78. The minimum Gasteiger partial charge on any atom is -0.475 e. The summed E-state index contributed by atoms with van der Waals surface area (Å²) in [7, 11) is 0. The maximum atomic E-state index is 13.1. The zero-order chi connectivity index (χ0) is 14.2. The van der Waals surface area contributed by atoms with Crippen molar-refractivity contribution in [1.29, 1.82) is 0 Å². The molecule has 19 heavy (non-hydrogen) atoms. The summed E-state index contributed by atoms with van der Waals surface area (Å²) in [6.07, 6.45) is 0. The van der Waals surface area contributed by atoms with Gasteiger partial charge in [-0.1, -0.05) is 13.8 Å². The van der Waals surface area contributed by atoms with Gasteiger partial charge < -0.3 is 5.11 Å². The largest absolute Gasteiger partial charge is 0.475 e. The first-order valence-electron chi connectivity index (χ1n) is 5.56. The fourth-order valence-corrected chi connectivity index (χ4v) is 2.32. The molecular formula is C12H11FIN3O2. The van der Waals surface area contributed by atoms with Gasteiger partial charge in [0, 0.05) is 9.49 Å². The van der Waals surface area contributed by atoms with Crippen LogP contribution in [0, 0.1) is 9.39 Å². The number of aromatic carboxylic acids is 1. The second-order valence-electron chi connectivity index (χ2n) is 4.26. The smallest absolute Gasteiger partial charge is 0.375 e. The molecule has 1 aromatic heterocycles. The minimum atomic E-state index is -1.18. The standard InChI is InChI=1S/C12H11FIN3O2/c1-6(2)11-15-10(12(18)19)16-17(11)9-4-3-7(13)5-8(9)14/h3-6H,1-2H3,(H,18,19). The molecule has 7 heteroatoms. The van der Waals surface area contributed by atoms with Crippen LogP contribution in [0.2, 0.25) is 0 Å². The lowest BCUT2D eigenvalue weighted by atomic mass is 10.2. The molecule has 0 spiro atoms. The van der Waals surface area contributed by atoms with E-state index in [2.05, 4.69) is 10.1 Å². The Morgan fingerprint density at radius 3 is 2.68 bits per heavy atom. The summed E-state index contributed by atoms with van der Waals surface area (Å²) in [5.41, 5.74) is 0.616. The molecule has 0 bridgehead atoms. The number of halogens is 2. The monoisotopic (exact) mass is 375 g/mol. The number of carbonyl (C=O) groups is 1. The van der Waals surface area contributed by atoms with Crippen molar-refractivity contribution in [3.05, 3.63) is 39.2 Å². The number of nitrogens with zero attached hydrogens (tertiary/aromatic N) is 3. The molecule has 5 nitrogen and oxygen atoms in total. The van der Waals surface area contributed by atoms with Gasteiger partial charge in [0.05, 0.1) is 5.69 Å². The van der Waals surface area contributed by atoms with Crippen LogP contribution in [0.3, 0.4) is 0 Å². The van der Waals surface area contributed by atoms with Crippen molar-refractivity contribution in [3.8, 4) is 5.69 Å². The molecule has 1 N–H and O–H groups in total. The fraction of sp³-hybridized carbons (Fsp3) is 0.250. The van der Waals surface area contributed by atoms with Gasteiger partial charge in [-0.3, -0.25) is 0 Å². The van der Waals surface area contributed by atoms with Crippen molar-refractivity contribution in [2.45, 2.75) is 19.8 Å². The zero-order valence-electron chi connectivity index (χ0n) is 10.3. The van der Waals surface area contributed by atoms with Crippen LogP contribution in [0.15, 0.2) is 18.2 Å². The third-order valence-corrected chi connectivity index (χ3v) is 3.34. The Bertz CT molecular complexity index is 640. The molecule has 0 aliphatic rings. The van der Waals surface area contributed by atoms with Crippen molar-refractivity contribution in [2.75, 3.05) is 0 Å². The van der Waals surface area contributed by atoms with Crippen LogP contribution in [0.1, 0.15) is 36.2 Å². The summed E-state index contributed by atoms with van der Waals surface area (Å²) in [5.74, 6) is -1.26. The predicted molar refractivity (Wildman–Crippen MR) is 75.1 cm³/mol. The second kappa shape index (κ2) is 5.24. The second-order valence-corrected chi connectivity index (χ2v) is 5.42. The van der Waals surface area contributed by atoms with Crippen LogP contribution < -0.4 is 0 Å². The van der Waals surface area contributed by atoms with Crippen molar-refractivity contribution in [3.63, 3.8) is 0 Å². The Morgan fingerprint density at radius 1 is 1.47 bits per heavy atom. The first-order valence-corrected chi connectivity index (χ1v) is 6.63. The molecule has 0 amide bonds. The Kier molecular flexibility index (Phi) is 3.83. The molecule has 2 rings (SSSR count). The van der Waals surface area contributed by atoms with Gasteiger partial charge in [-0.25, -0.2) is 18.9 Å². The number of hydrogen-bond acceptors (Lipinski definition) is 3. The number of benzene rings is 1. The van der Waals surface area contributed by atoms with E-state index in [0.717, 1.165) is 0 Å². The Balaban J connectivity index is 2.63. The normalized spacial score (nSPS) is 11.0. The van der Waals surface area contributed by atoms with Crippen molar-refractivity contribution < 1.29 is 14.3 Å². The molecule has 1 heterocycles. The van der Waals surface area contributed by atoms with Gasteiger partial charge in [-0.2, -0.15) is 0 Å². The van der Waals surface area contributed by atoms with E-state index >= 15 is 0 Å². The lowest BCUT2D eigenvalue weighted by Crippen LogP contribution is -2.07. The Morgan fingerprint density at radius 2 is 2.16 bits per heavy atom. The molecule has 100 valence electrons. The highest BCUT2D eigenvalue weighted by atomic mass is 127. The highest BCUT2D eigenvalue weighted by Gasteiger charge is 2.19. The summed E-state index contributed by atoms with van der Waals surface area (Å²) in [4.78, 5) is 15.0. The molecule has 0 aliphatic heterocycles. The average molecular weight is 375 g/mol. The Labute approximate surface area is 122 Å². The van der Waals surface area contributed by atoms with Crippen LogP contribution in [0.5, 0.6) is 0 Å². The van der Waals surface area contributed by atoms with Crippen molar-refractivity contribution in [1.82, 2.24) is 14.8 Å². The van der Waals surface area contributed by atoms with Crippen LogP contribution in [-0.2, 0) is 0 Å². The van der Waals surface area contributed by atoms with E-state index in [-0.39, 0.29) is 17.6 Å². The average Bonchev–Trinajstić information content (AvgIpc) is 2.73. The molecule has 0 saturated heterocycles. The lowest BCUT2D eigenvalue weighted by Gasteiger charge is -2.09. The van der Waals surface area contributed by atoms with Crippen LogP contribution >= 0.6 is 22.6 Å². The lowest BCUT2D eigenvalue weighted by molar-refractivity contribution is 0.0683. The maximum Gasteiger partial charge on any atom is 0.375 e. The Hall–Kier alpha value is -1.51. The quantitative estimate of drug-likeness (QED) is 0.838. The molecule has 0 radical (unpaired) electrons. The van der Waals surface area contributed by atoms with E-state index < -0.39 is 5.97 Å². The summed E-state index contributed by atoms with van der Waals surface area (Å²) >= 11 is 1.98. The first-order chi connectivity index (χ1) is 8.90. The molecule has 1 aromatic carbocycles. The highest BCUT2D eigenvalue weighted by molar-refractivity contribution is 14.1. The van der Waals surface area contributed by atoms with E-state index in [1.54, 1.807) is 6.07 Å². The summed E-state index contributed by atoms with van der Waals surface area (Å²) < 4.78 is 15.2. The van der Waals surface area contributed by atoms with Gasteiger partial charge in [-0.15, -0.1) is 5.10 Å². The first kappa shape index (κ1) is 13.9. The molecule has 0 saturated carbocycles. The van der Waals surface area contributed by atoms with E-state index in [4.69, 9.17) is 5.11 Å². The summed E-state index contributed by atoms with van der Waals surface area (Å²) in [5, 5.41) is 12.9. The van der Waals surface area contributed by atoms with Gasteiger partial charge in [0.15, 0.2) is 0 Å². The van der Waals surface area contributed by atoms with Gasteiger partial charge in [0.1, 0.15) is 11.6 Å². The molecule has 2 aromatic rings. The zero-order valence-corrected chi connectivity index (χ0v) is 12.4. The predicted octanol–water partition coefficient (Wildman–Crippen LogP) is 2.83. The fourth-order valence-electron chi connectivity index (χ4n) is 1.62. The summed E-state index contributed by atoms with van der Waals surface area (Å²) in [6, 6.07) is 4.23. The number of rotatable bonds is 3. The van der Waals surface area contributed by atoms with E-state index in [0.29, 0.717) is 15.1 Å². The minimum absolute atomic E-state index is 0.00135. The van der Waals surface area contributed by atoms with Crippen molar-refractivity contribution in [2.24, 2.45) is 0 Å². The molecule has 0 atom stereocenters. The van der Waals surface area contributed by atoms with Gasteiger partial charge in [0.25, 0.3) is 5.82 Å². The van der Waals surface area contributed by atoms with Gasteiger partial charge in [-0.05, 0) is 40.8 Å². The number of carboxylic acids is 1.